The number of amides is 3. The molecule has 3 aliphatic rings. The van der Waals surface area contributed by atoms with Crippen molar-refractivity contribution in [1.82, 2.24) is 15.5 Å². The van der Waals surface area contributed by atoms with Crippen molar-refractivity contribution in [3.63, 3.8) is 0 Å². The number of carbonyl (C=O) groups is 2. The second-order valence-corrected chi connectivity index (χ2v) is 10.8. The maximum absolute atomic E-state index is 12.1. The number of nitrogens with zero attached hydrogens (tertiary/aromatic N) is 1. The quantitative estimate of drug-likeness (QED) is 0.229. The zero-order chi connectivity index (χ0) is 25.3. The summed E-state index contributed by atoms with van der Waals surface area (Å²) in [5, 5.41) is 6.41. The van der Waals surface area contributed by atoms with Gasteiger partial charge in [-0.05, 0) is 31.2 Å². The van der Waals surface area contributed by atoms with Crippen molar-refractivity contribution in [3.05, 3.63) is 35.4 Å². The molecule has 5 atom stereocenters. The van der Waals surface area contributed by atoms with Crippen LogP contribution in [0.3, 0.4) is 0 Å². The third-order valence-corrected chi connectivity index (χ3v) is 8.09. The Hall–Kier alpha value is -0.857. The van der Waals surface area contributed by atoms with Gasteiger partial charge in [-0.1, -0.05) is 50.1 Å². The summed E-state index contributed by atoms with van der Waals surface area (Å²) < 4.78 is 0. The summed E-state index contributed by atoms with van der Waals surface area (Å²) in [4.78, 5) is 25.2. The summed E-state index contributed by atoms with van der Waals surface area (Å²) in [5.74, 6) is 1.80. The number of hydrogen-bond donors (Lipinski definition) is 4. The van der Waals surface area contributed by atoms with E-state index in [1.807, 2.05) is 29.1 Å². The molecule has 3 fully saturated rings. The molecule has 34 heavy (non-hydrogen) atoms. The van der Waals surface area contributed by atoms with E-state index in [9.17, 15) is 9.59 Å². The van der Waals surface area contributed by atoms with Crippen LogP contribution in [0, 0.1) is 6.92 Å². The van der Waals surface area contributed by atoms with Crippen LogP contribution in [-0.2, 0) is 22.1 Å². The zero-order valence-corrected chi connectivity index (χ0v) is 23.6. The second-order valence-electron chi connectivity index (χ2n) is 9.56. The normalized spacial score (nSPS) is 27.2. The first-order valence-electron chi connectivity index (χ1n) is 11.9. The van der Waals surface area contributed by atoms with Crippen LogP contribution in [0.1, 0.15) is 56.6 Å². The van der Waals surface area contributed by atoms with Crippen LogP contribution in [0.4, 0.5) is 4.79 Å². The average molecular weight is 598 g/mol. The fourth-order valence-corrected chi connectivity index (χ4v) is 5.98. The molecule has 0 aromatic heterocycles. The Kier molecular flexibility index (Phi) is 12.7. The van der Waals surface area contributed by atoms with Crippen LogP contribution < -0.4 is 22.1 Å². The van der Waals surface area contributed by atoms with Crippen molar-refractivity contribution in [3.8, 4) is 0 Å². The van der Waals surface area contributed by atoms with Crippen molar-refractivity contribution in [2.75, 3.05) is 18.8 Å². The van der Waals surface area contributed by atoms with Crippen LogP contribution in [0.5, 0.6) is 0 Å². The molecule has 1 aromatic rings. The van der Waals surface area contributed by atoms with E-state index in [0.29, 0.717) is 30.7 Å². The van der Waals surface area contributed by atoms with E-state index in [4.69, 9.17) is 11.5 Å². The SMILES string of the molecule is Cc1ccc(C(C)C)cc1.N[C@@H]1CN(C(=O)CCCC[C@@H]2SC[C@@H]3NC(=O)N[C@@H]32)C[C@H]1N.[Cl][Ru+3]. The van der Waals surface area contributed by atoms with Gasteiger partial charge in [-0.2, -0.15) is 11.8 Å². The minimum atomic E-state index is -0.0887. The van der Waals surface area contributed by atoms with E-state index in [2.05, 4.69) is 65.4 Å². The van der Waals surface area contributed by atoms with Gasteiger partial charge in [0.1, 0.15) is 0 Å². The number of rotatable bonds is 6. The monoisotopic (exact) mass is 598 g/mol. The van der Waals surface area contributed by atoms with E-state index in [1.165, 1.54) is 11.1 Å². The average Bonchev–Trinajstić information content (AvgIpc) is 3.47. The molecule has 0 aliphatic carbocycles. The number of halogens is 1. The van der Waals surface area contributed by atoms with E-state index < -0.39 is 0 Å². The molecule has 3 amide bonds. The van der Waals surface area contributed by atoms with Crippen molar-refractivity contribution in [1.29, 1.82) is 0 Å². The minimum absolute atomic E-state index is 0.0443. The van der Waals surface area contributed by atoms with Crippen LogP contribution in [0.15, 0.2) is 24.3 Å². The van der Waals surface area contributed by atoms with E-state index >= 15 is 0 Å². The number of nitrogens with two attached hydrogens (primary N) is 2. The molecule has 1 aromatic carbocycles. The van der Waals surface area contributed by atoms with Gasteiger partial charge in [0.15, 0.2) is 0 Å². The Morgan fingerprint density at radius 3 is 2.35 bits per heavy atom. The van der Waals surface area contributed by atoms with E-state index in [-0.39, 0.29) is 36.1 Å². The number of likely N-dealkylation sites (tertiary alicyclic amines) is 1. The van der Waals surface area contributed by atoms with Gasteiger partial charge in [0.25, 0.3) is 0 Å². The number of unbranched alkanes of at least 4 members (excludes halogenated alkanes) is 1. The number of hydrogen-bond acceptors (Lipinski definition) is 5. The maximum atomic E-state index is 12.1. The Labute approximate surface area is 222 Å². The van der Waals surface area contributed by atoms with Crippen molar-refractivity contribution in [2.24, 2.45) is 11.5 Å². The fourth-order valence-electron chi connectivity index (χ4n) is 4.43. The molecular weight excluding hydrogens is 559 g/mol. The van der Waals surface area contributed by atoms with E-state index in [1.54, 1.807) is 4.90 Å². The number of nitrogens with one attached hydrogen (secondary N) is 2. The number of thioether (sulfide) groups is 1. The molecule has 3 aliphatic heterocycles. The summed E-state index contributed by atoms with van der Waals surface area (Å²) in [6, 6.07) is 9.02. The van der Waals surface area contributed by atoms with Crippen LogP contribution in [0.25, 0.3) is 0 Å². The van der Waals surface area contributed by atoms with Gasteiger partial charge in [-0.15, -0.1) is 0 Å². The molecule has 6 N–H and O–H groups in total. The first-order valence-corrected chi connectivity index (χ1v) is 15.2. The Bertz CT molecular complexity index is 775. The van der Waals surface area contributed by atoms with Crippen LogP contribution in [0.2, 0.25) is 0 Å². The molecule has 3 saturated heterocycles. The summed E-state index contributed by atoms with van der Waals surface area (Å²) in [7, 11) is 4.57. The molecule has 0 unspecified atom stereocenters. The number of benzene rings is 1. The molecule has 0 bridgehead atoms. The Balaban J connectivity index is 0.000000286. The molecule has 10 heteroatoms. The Morgan fingerprint density at radius 1 is 1.15 bits per heavy atom. The third-order valence-electron chi connectivity index (χ3n) is 6.58. The second kappa shape index (κ2) is 14.6. The molecule has 7 nitrogen and oxygen atoms in total. The van der Waals surface area contributed by atoms with Crippen LogP contribution >= 0.6 is 21.5 Å². The molecular formula is C24H39ClN5O2RuS+3. The predicted molar refractivity (Wildman–Crippen MR) is 138 cm³/mol. The summed E-state index contributed by atoms with van der Waals surface area (Å²) in [6.07, 6.45) is 3.50. The van der Waals surface area contributed by atoms with E-state index in [0.717, 1.165) is 25.0 Å². The molecule has 0 spiro atoms. The standard InChI is InChI=1S/C14H25N5O2S.C10H14.ClH.Ru/c15-8-5-19(6-9(8)16)12(20)4-2-1-3-11-13-10(7-22-11)17-14(21)18-13;1-8(2)10-6-4-9(3)5-7-10;;/h8-11,13H,1-7,15-16H2,(H2,17,18,21);4-8H,1-3H3;1H;/q;;;+4/p-1/t8-,9-,10+,11+,13+;;;/m1.../s1. The first-order chi connectivity index (χ1) is 16.2. The van der Waals surface area contributed by atoms with Gasteiger partial charge in [-0.25, -0.2) is 4.79 Å². The van der Waals surface area contributed by atoms with Gasteiger partial charge < -0.3 is 27.0 Å². The van der Waals surface area contributed by atoms with Gasteiger partial charge >= 0.3 is 33.0 Å². The molecule has 0 saturated carbocycles. The number of aryl methyl sites for hydroxylation is 1. The first kappa shape index (κ1) is 29.4. The molecule has 0 radical (unpaired) electrons. The summed E-state index contributed by atoms with van der Waals surface area (Å²) in [5.41, 5.74) is 14.4. The zero-order valence-electron chi connectivity index (χ0n) is 20.3. The molecule has 3 heterocycles. The van der Waals surface area contributed by atoms with Gasteiger partial charge in [0, 0.05) is 42.6 Å². The number of urea groups is 1. The molecule has 4 rings (SSSR count). The van der Waals surface area contributed by atoms with Gasteiger partial charge in [0.05, 0.1) is 12.1 Å². The van der Waals surface area contributed by atoms with Crippen molar-refractivity contribution in [2.45, 2.75) is 81.8 Å². The van der Waals surface area contributed by atoms with Gasteiger partial charge in [0.2, 0.25) is 5.91 Å². The topological polar surface area (TPSA) is 113 Å². The summed E-state index contributed by atoms with van der Waals surface area (Å²) >= 11 is 3.74. The van der Waals surface area contributed by atoms with Crippen molar-refractivity contribution >= 4 is 33.4 Å². The third kappa shape index (κ3) is 8.67. The molecule has 190 valence electrons. The number of carbonyl (C=O) groups excluding carboxylic acids is 2. The van der Waals surface area contributed by atoms with Crippen molar-refractivity contribution < 1.29 is 26.9 Å². The Morgan fingerprint density at radius 2 is 1.76 bits per heavy atom. The van der Waals surface area contributed by atoms with Gasteiger partial charge in [-0.3, -0.25) is 4.79 Å². The number of fused-ring (bicyclic) bond motifs is 1. The predicted octanol–water partition coefficient (Wildman–Crippen LogP) is 3.01. The van der Waals surface area contributed by atoms with Crippen LogP contribution in [-0.4, -0.2) is 65.1 Å². The summed E-state index contributed by atoms with van der Waals surface area (Å²) in [6.45, 7) is 7.71. The fraction of sp³-hybridized carbons (Fsp3) is 0.667.